The molecule has 7 fully saturated rings. The first kappa shape index (κ1) is 79.1. The third-order valence-corrected chi connectivity index (χ3v) is 30.8. The molecule has 7 aliphatic rings. The van der Waals surface area contributed by atoms with Gasteiger partial charge in [0, 0.05) is 137 Å². The fourth-order valence-corrected chi connectivity index (χ4v) is 25.3. The van der Waals surface area contributed by atoms with Crippen LogP contribution in [0.15, 0.2) is 151 Å². The summed E-state index contributed by atoms with van der Waals surface area (Å²) >= 11 is 0. The zero-order chi connectivity index (χ0) is 91.1. The highest BCUT2D eigenvalue weighted by Crippen LogP contribution is 2.61. The van der Waals surface area contributed by atoms with Gasteiger partial charge in [-0.1, -0.05) is 147 Å². The highest BCUT2D eigenvalue weighted by molar-refractivity contribution is 6.12. The van der Waals surface area contributed by atoms with Crippen LogP contribution in [0, 0.1) is 75.5 Å². The zero-order valence-corrected chi connectivity index (χ0v) is 78.1. The van der Waals surface area contributed by atoms with Crippen LogP contribution in [0.25, 0.3) is 88.3 Å². The standard InChI is InChI=1S/C25H32N2O.C24H30N2O.C22H28N2O.C21H26N2O.C16H25N/c1-16-9-11-19-20-12-10-17(2)26-23(20)28-22(19)21(16)27-18(3)25(15-24(27,4)5)13-7-6-8-14-25;1-16-10-11-18-19-9-8-14-25-22(19)27-21(18)20(16)26-17(2)24(15-23(26,3)4)12-6-5-7-13-24;1-13-8-10-16-17-11-9-14(2)23-20(17)25-19(16)18(13)24-15(3)21(4,5)12-22(24,6)7;1-13-9-10-15-16-8-7-11-22-19(16)24-18(15)17(13)23-14(2)20(3,4)12-21(23,5)6;1-12-9-7-8-10-14(12)17-13(2)15(3,4)11-16(17,5)6/h9-12,18H,6-8,13-15H2,1-5H3;8-11,14,17H,5-7,12-13,15H2,1-4H3;8-11,15H,12H2,1-7H3;7-11,14H,12H2,1-6H3;7-10,13H,11H2,1-6H3/t18-;17-;15-;14-;13-/m00000/s1/i;;;;3D3,11D2/t;;;;13-,15?. The van der Waals surface area contributed by atoms with Crippen molar-refractivity contribution < 1.29 is 24.5 Å². The largest absolute Gasteiger partial charge is 0.436 e. The number of aryl methyl sites for hydroxylation is 7. The Morgan fingerprint density at radius 1 is 0.314 bits per heavy atom. The van der Waals surface area contributed by atoms with Gasteiger partial charge in [-0.2, -0.15) is 0 Å². The molecule has 0 N–H and O–H groups in total. The molecule has 20 rings (SSSR count). The highest BCUT2D eigenvalue weighted by Gasteiger charge is 2.58. The summed E-state index contributed by atoms with van der Waals surface area (Å²) in [6, 6.07) is 43.6. The minimum atomic E-state index is -2.38. The maximum absolute atomic E-state index is 8.64. The smallest absolute Gasteiger partial charge is 0.227 e. The number of furan rings is 4. The lowest BCUT2D eigenvalue weighted by Gasteiger charge is -2.41. The van der Waals surface area contributed by atoms with Crippen molar-refractivity contribution in [3.63, 3.8) is 0 Å². The van der Waals surface area contributed by atoms with E-state index >= 15 is 0 Å². The van der Waals surface area contributed by atoms with E-state index in [9.17, 15) is 0 Å². The molecule has 6 atom stereocenters. The summed E-state index contributed by atoms with van der Waals surface area (Å²) in [5.74, 6) is 0. The van der Waals surface area contributed by atoms with Gasteiger partial charge in [0.05, 0.1) is 22.7 Å². The summed E-state index contributed by atoms with van der Waals surface area (Å²) in [7, 11) is 0. The van der Waals surface area contributed by atoms with Crippen LogP contribution in [-0.2, 0) is 0 Å². The number of hydrogen-bond acceptors (Lipinski definition) is 13. The van der Waals surface area contributed by atoms with Gasteiger partial charge in [-0.15, -0.1) is 0 Å². The van der Waals surface area contributed by atoms with Crippen molar-refractivity contribution in [2.24, 2.45) is 27.1 Å². The van der Waals surface area contributed by atoms with E-state index in [1.54, 1.807) is 27.0 Å². The SMILES string of the molecule is Cc1ccc2c(n1)oc1c(N3[C@@H](C)C(C)(C)CC3(C)C)c(C)ccc12.Cc1ccc2c(n1)oc1c(N3[C@@H](C)C4(CCCCC4)CC3(C)C)c(C)ccc12.Cc1ccc2c(oc3ncccc32)c1N1[C@@H](C)C(C)(C)CC1(C)C.Cc1ccc2c(oc3ncccc32)c1N1[C@@H](C)C2(CCCCC2)CC1(C)C.[2H]C([2H])([2H])C1(C)[C@H](C)N(c2ccccc2C)C(C)(C)C1([2H])[2H]. The van der Waals surface area contributed by atoms with Gasteiger partial charge in [0.25, 0.3) is 0 Å². The van der Waals surface area contributed by atoms with Gasteiger partial charge in [-0.3, -0.25) is 0 Å². The molecule has 13 heteroatoms. The van der Waals surface area contributed by atoms with E-state index in [2.05, 4.69) is 263 Å². The van der Waals surface area contributed by atoms with Crippen molar-refractivity contribution >= 4 is 117 Å². The van der Waals surface area contributed by atoms with E-state index in [0.717, 1.165) is 113 Å². The lowest BCUT2D eigenvalue weighted by atomic mass is 9.68. The summed E-state index contributed by atoms with van der Waals surface area (Å²) in [4.78, 5) is 30.7. The number of benzene rings is 5. The first-order chi connectivity index (χ1) is 58.9. The number of pyridine rings is 4. The number of anilines is 5. The summed E-state index contributed by atoms with van der Waals surface area (Å²) in [5, 5.41) is 9.14. The van der Waals surface area contributed by atoms with Crippen LogP contribution in [0.4, 0.5) is 28.4 Å². The van der Waals surface area contributed by atoms with Crippen LogP contribution in [0.1, 0.15) is 288 Å². The molecule has 5 aromatic carbocycles. The highest BCUT2D eigenvalue weighted by atomic mass is 16.4. The second-order valence-electron chi connectivity index (χ2n) is 42.8. The number of rotatable bonds is 5. The van der Waals surface area contributed by atoms with Gasteiger partial charge in [-0.05, 0) is 320 Å². The Kier molecular flexibility index (Phi) is 19.9. The summed E-state index contributed by atoms with van der Waals surface area (Å²) in [6.07, 6.45) is 20.4. The van der Waals surface area contributed by atoms with Crippen LogP contribution in [-0.4, -0.2) is 77.8 Å². The van der Waals surface area contributed by atoms with E-state index in [1.807, 2.05) is 75.2 Å². The van der Waals surface area contributed by atoms with Gasteiger partial charge in [0.2, 0.25) is 22.9 Å². The molecule has 2 spiro atoms. The van der Waals surface area contributed by atoms with E-state index in [1.165, 1.54) is 133 Å². The van der Waals surface area contributed by atoms with Crippen molar-refractivity contribution in [2.45, 2.75) is 348 Å². The Morgan fingerprint density at radius 2 is 0.628 bits per heavy atom. The van der Waals surface area contributed by atoms with Gasteiger partial charge in [0.1, 0.15) is 0 Å². The van der Waals surface area contributed by atoms with Crippen LogP contribution in [0.3, 0.4) is 0 Å². The molecule has 0 radical (unpaired) electrons. The fraction of sp³-hybridized carbons (Fsp3) is 0.537. The number of para-hydroxylation sites is 1. The molecule has 121 heavy (non-hydrogen) atoms. The average molecular weight is 1630 g/mol. The number of hydrogen-bond donors (Lipinski definition) is 0. The van der Waals surface area contributed by atoms with Crippen molar-refractivity contribution in [3.8, 4) is 0 Å². The van der Waals surface area contributed by atoms with Crippen LogP contribution < -0.4 is 24.5 Å². The van der Waals surface area contributed by atoms with Gasteiger partial charge in [0.15, 0.2) is 22.3 Å². The molecule has 0 bridgehead atoms. The molecular weight excluding hydrogens is 1490 g/mol. The monoisotopic (exact) mass is 1630 g/mol. The molecule has 1 unspecified atom stereocenters. The van der Waals surface area contributed by atoms with E-state index in [0.29, 0.717) is 35.0 Å². The second-order valence-corrected chi connectivity index (χ2v) is 42.8. The molecule has 13 heterocycles. The van der Waals surface area contributed by atoms with E-state index in [-0.39, 0.29) is 33.0 Å². The van der Waals surface area contributed by atoms with Crippen LogP contribution in [0.2, 0.25) is 0 Å². The Hall–Kier alpha value is -9.10. The van der Waals surface area contributed by atoms with Crippen LogP contribution >= 0.6 is 0 Å². The van der Waals surface area contributed by atoms with Crippen molar-refractivity contribution in [3.05, 3.63) is 173 Å². The molecule has 8 aromatic heterocycles. The molecule has 2 saturated carbocycles. The predicted molar refractivity (Wildman–Crippen MR) is 511 cm³/mol. The Labute approximate surface area is 729 Å². The normalized spacial score (nSPS) is 25.6. The lowest BCUT2D eigenvalue weighted by Crippen LogP contribution is -2.44. The van der Waals surface area contributed by atoms with Gasteiger partial charge in [-0.25, -0.2) is 19.9 Å². The Balaban J connectivity index is 0.000000116. The summed E-state index contributed by atoms with van der Waals surface area (Å²) in [6.45, 7) is 57.6. The molecule has 13 aromatic rings. The lowest BCUT2D eigenvalue weighted by molar-refractivity contribution is 0.170. The van der Waals surface area contributed by atoms with E-state index < -0.39 is 30.2 Å². The first-order valence-electron chi connectivity index (χ1n) is 48.0. The van der Waals surface area contributed by atoms with Crippen molar-refractivity contribution in [2.75, 3.05) is 24.5 Å². The maximum atomic E-state index is 8.64. The minimum absolute atomic E-state index is 0.0876. The quantitative estimate of drug-likeness (QED) is 0.163. The van der Waals surface area contributed by atoms with E-state index in [4.69, 9.17) is 24.5 Å². The summed E-state index contributed by atoms with van der Waals surface area (Å²) < 4.78 is 66.5. The average Bonchev–Trinajstić information content (AvgIpc) is 1.58. The third kappa shape index (κ3) is 14.6. The maximum Gasteiger partial charge on any atom is 0.227 e. The second kappa shape index (κ2) is 30.4. The molecule has 5 aliphatic heterocycles. The molecule has 0 amide bonds. The summed E-state index contributed by atoms with van der Waals surface area (Å²) in [5.41, 5.74) is 20.5. The minimum Gasteiger partial charge on any atom is -0.436 e. The Bertz CT molecular complexity index is 6320. The molecular formula is C108H141N9O4. The zero-order valence-electron chi connectivity index (χ0n) is 83.1. The van der Waals surface area contributed by atoms with Crippen molar-refractivity contribution in [1.82, 2.24) is 19.9 Å². The molecule has 642 valence electrons. The van der Waals surface area contributed by atoms with Crippen molar-refractivity contribution in [1.29, 1.82) is 0 Å². The van der Waals surface area contributed by atoms with Gasteiger partial charge >= 0.3 is 0 Å². The Morgan fingerprint density at radius 3 is 0.959 bits per heavy atom. The first-order valence-corrected chi connectivity index (χ1v) is 45.5. The topological polar surface area (TPSA) is 120 Å². The molecule has 2 aliphatic carbocycles. The number of fused-ring (bicyclic) bond motifs is 12. The molecule has 13 nitrogen and oxygen atoms in total. The van der Waals surface area contributed by atoms with Gasteiger partial charge < -0.3 is 42.2 Å². The number of nitrogens with zero attached hydrogens (tertiary/aromatic N) is 9. The predicted octanol–water partition coefficient (Wildman–Crippen LogP) is 29.6. The molecule has 5 saturated heterocycles. The van der Waals surface area contributed by atoms with Crippen LogP contribution in [0.5, 0.6) is 0 Å². The number of aromatic nitrogens is 4. The fourth-order valence-electron chi connectivity index (χ4n) is 25.3. The third-order valence-electron chi connectivity index (χ3n) is 30.8.